The van der Waals surface area contributed by atoms with Crippen LogP contribution >= 0.6 is 0 Å². The molecule has 0 aromatic heterocycles. The predicted molar refractivity (Wildman–Crippen MR) is 58.8 cm³/mol. The number of terminal acetylenes is 1. The van der Waals surface area contributed by atoms with E-state index in [2.05, 4.69) is 18.1 Å². The molecule has 1 heteroatoms. The summed E-state index contributed by atoms with van der Waals surface area (Å²) in [6.07, 6.45) is 8.03. The molecule has 1 unspecified atom stereocenters. The Morgan fingerprint density at radius 1 is 1.21 bits per heavy atom. The lowest BCUT2D eigenvalue weighted by Crippen LogP contribution is -2.02. The number of aliphatic hydroxyl groups is 1. The average Bonchev–Trinajstić information content (AvgIpc) is 2.25. The van der Waals surface area contributed by atoms with Gasteiger partial charge in [-0.3, -0.25) is 0 Å². The summed E-state index contributed by atoms with van der Waals surface area (Å²) >= 11 is 0. The Morgan fingerprint density at radius 2 is 1.93 bits per heavy atom. The van der Waals surface area contributed by atoms with E-state index in [1.807, 2.05) is 18.2 Å². The van der Waals surface area contributed by atoms with E-state index in [0.29, 0.717) is 6.42 Å². The lowest BCUT2D eigenvalue weighted by Gasteiger charge is -2.08. The third-order valence-corrected chi connectivity index (χ3v) is 2.34. The summed E-state index contributed by atoms with van der Waals surface area (Å²) in [5, 5.41) is 8.77. The van der Waals surface area contributed by atoms with Crippen molar-refractivity contribution in [3.05, 3.63) is 35.9 Å². The normalized spacial score (nSPS) is 12.0. The van der Waals surface area contributed by atoms with E-state index in [9.17, 15) is 0 Å². The molecule has 0 aliphatic carbocycles. The zero-order valence-electron chi connectivity index (χ0n) is 8.32. The average molecular weight is 188 g/mol. The van der Waals surface area contributed by atoms with Gasteiger partial charge in [0.25, 0.3) is 0 Å². The number of benzene rings is 1. The highest BCUT2D eigenvalue weighted by Crippen LogP contribution is 2.11. The van der Waals surface area contributed by atoms with Gasteiger partial charge in [-0.15, -0.1) is 12.3 Å². The van der Waals surface area contributed by atoms with Gasteiger partial charge < -0.3 is 5.11 Å². The van der Waals surface area contributed by atoms with E-state index >= 15 is 0 Å². The first kappa shape index (κ1) is 10.8. The summed E-state index contributed by atoms with van der Waals surface area (Å²) in [5.41, 5.74) is 1.31. The van der Waals surface area contributed by atoms with Crippen molar-refractivity contribution in [1.82, 2.24) is 0 Å². The van der Waals surface area contributed by atoms with E-state index in [0.717, 1.165) is 12.8 Å². The first-order valence-corrected chi connectivity index (χ1v) is 4.97. The number of aryl methyl sites for hydroxylation is 1. The minimum Gasteiger partial charge on any atom is -0.396 e. The lowest BCUT2D eigenvalue weighted by atomic mass is 9.98. The molecular weight excluding hydrogens is 172 g/mol. The molecule has 0 bridgehead atoms. The second-order valence-electron chi connectivity index (χ2n) is 3.40. The van der Waals surface area contributed by atoms with Crippen LogP contribution in [0, 0.1) is 18.3 Å². The van der Waals surface area contributed by atoms with Gasteiger partial charge >= 0.3 is 0 Å². The van der Waals surface area contributed by atoms with Gasteiger partial charge in [-0.2, -0.15) is 0 Å². The Kier molecular flexibility index (Phi) is 4.82. The van der Waals surface area contributed by atoms with Crippen molar-refractivity contribution in [2.75, 3.05) is 6.61 Å². The molecule has 0 amide bonds. The molecule has 0 heterocycles. The topological polar surface area (TPSA) is 20.2 Å². The summed E-state index contributed by atoms with van der Waals surface area (Å²) in [4.78, 5) is 0. The first-order chi connectivity index (χ1) is 6.86. The molecule has 1 atom stereocenters. The van der Waals surface area contributed by atoms with Crippen LogP contribution in [0.1, 0.15) is 18.4 Å². The van der Waals surface area contributed by atoms with Crippen molar-refractivity contribution >= 4 is 0 Å². The van der Waals surface area contributed by atoms with Gasteiger partial charge in [0.1, 0.15) is 0 Å². The Balaban J connectivity index is 2.37. The summed E-state index contributed by atoms with van der Waals surface area (Å²) in [6.45, 7) is 0.184. The van der Waals surface area contributed by atoms with Gasteiger partial charge in [0, 0.05) is 12.5 Å². The van der Waals surface area contributed by atoms with Crippen molar-refractivity contribution in [2.24, 2.45) is 5.92 Å². The smallest absolute Gasteiger partial charge is 0.0442 e. The molecule has 0 spiro atoms. The van der Waals surface area contributed by atoms with Gasteiger partial charge in [-0.25, -0.2) is 0 Å². The van der Waals surface area contributed by atoms with Crippen LogP contribution in [0.25, 0.3) is 0 Å². The van der Waals surface area contributed by atoms with E-state index in [4.69, 9.17) is 11.5 Å². The molecule has 1 aromatic rings. The number of rotatable bonds is 5. The lowest BCUT2D eigenvalue weighted by molar-refractivity contribution is 0.269. The molecule has 14 heavy (non-hydrogen) atoms. The van der Waals surface area contributed by atoms with Crippen LogP contribution in [0.5, 0.6) is 0 Å². The highest BCUT2D eigenvalue weighted by molar-refractivity contribution is 5.15. The predicted octanol–water partition coefficient (Wildman–Crippen LogP) is 2.25. The monoisotopic (exact) mass is 188 g/mol. The van der Waals surface area contributed by atoms with Crippen LogP contribution in [0.4, 0.5) is 0 Å². The van der Waals surface area contributed by atoms with Crippen LogP contribution in [0.15, 0.2) is 30.3 Å². The summed E-state index contributed by atoms with van der Waals surface area (Å²) in [5.74, 6) is 2.92. The summed E-state index contributed by atoms with van der Waals surface area (Å²) < 4.78 is 0. The molecule has 0 saturated carbocycles. The second-order valence-corrected chi connectivity index (χ2v) is 3.40. The van der Waals surface area contributed by atoms with Crippen molar-refractivity contribution in [1.29, 1.82) is 0 Å². The fourth-order valence-corrected chi connectivity index (χ4v) is 1.45. The van der Waals surface area contributed by atoms with Gasteiger partial charge in [-0.05, 0) is 24.8 Å². The van der Waals surface area contributed by atoms with Gasteiger partial charge in [0.15, 0.2) is 0 Å². The third kappa shape index (κ3) is 3.64. The maximum atomic E-state index is 8.77. The van der Waals surface area contributed by atoms with E-state index < -0.39 is 0 Å². The molecule has 0 radical (unpaired) electrons. The molecule has 0 aliphatic rings. The van der Waals surface area contributed by atoms with Gasteiger partial charge in [0.2, 0.25) is 0 Å². The van der Waals surface area contributed by atoms with Crippen LogP contribution in [-0.4, -0.2) is 11.7 Å². The van der Waals surface area contributed by atoms with Crippen molar-refractivity contribution < 1.29 is 5.11 Å². The minimum atomic E-state index is 0.184. The zero-order valence-corrected chi connectivity index (χ0v) is 8.32. The summed E-state index contributed by atoms with van der Waals surface area (Å²) in [6, 6.07) is 10.3. The Hall–Kier alpha value is -1.26. The van der Waals surface area contributed by atoms with Crippen molar-refractivity contribution in [3.63, 3.8) is 0 Å². The minimum absolute atomic E-state index is 0.184. The zero-order chi connectivity index (χ0) is 10.2. The van der Waals surface area contributed by atoms with Crippen LogP contribution in [-0.2, 0) is 6.42 Å². The first-order valence-electron chi connectivity index (χ1n) is 4.97. The Bertz CT molecular complexity index is 284. The molecule has 0 aliphatic heterocycles. The Labute approximate surface area is 85.8 Å². The fraction of sp³-hybridized carbons (Fsp3) is 0.385. The highest BCUT2D eigenvalue weighted by atomic mass is 16.3. The molecule has 1 nitrogen and oxygen atoms in total. The molecular formula is C13H16O. The quantitative estimate of drug-likeness (QED) is 0.703. The van der Waals surface area contributed by atoms with Crippen molar-refractivity contribution in [3.8, 4) is 12.3 Å². The van der Waals surface area contributed by atoms with Crippen LogP contribution < -0.4 is 0 Å². The highest BCUT2D eigenvalue weighted by Gasteiger charge is 2.03. The fourth-order valence-electron chi connectivity index (χ4n) is 1.45. The number of hydrogen-bond donors (Lipinski definition) is 1. The Morgan fingerprint density at radius 3 is 2.50 bits per heavy atom. The second kappa shape index (κ2) is 6.23. The van der Waals surface area contributed by atoms with E-state index in [1.54, 1.807) is 0 Å². The molecule has 0 saturated heterocycles. The largest absolute Gasteiger partial charge is 0.396 e. The SMILES string of the molecule is C#CC(CCO)CCc1ccccc1. The van der Waals surface area contributed by atoms with Gasteiger partial charge in [-0.1, -0.05) is 30.3 Å². The maximum absolute atomic E-state index is 8.77. The molecule has 0 fully saturated rings. The third-order valence-electron chi connectivity index (χ3n) is 2.34. The van der Waals surface area contributed by atoms with E-state index in [-0.39, 0.29) is 12.5 Å². The van der Waals surface area contributed by atoms with Crippen molar-refractivity contribution in [2.45, 2.75) is 19.3 Å². The standard InChI is InChI=1S/C13H16O/c1-2-12(10-11-14)8-9-13-6-4-3-5-7-13/h1,3-7,12,14H,8-11H2. The summed E-state index contributed by atoms with van der Waals surface area (Å²) in [7, 11) is 0. The number of aliphatic hydroxyl groups excluding tert-OH is 1. The molecule has 74 valence electrons. The van der Waals surface area contributed by atoms with E-state index in [1.165, 1.54) is 5.56 Å². The molecule has 1 rings (SSSR count). The maximum Gasteiger partial charge on any atom is 0.0442 e. The van der Waals surface area contributed by atoms with Gasteiger partial charge in [0.05, 0.1) is 0 Å². The van der Waals surface area contributed by atoms with Crippen LogP contribution in [0.2, 0.25) is 0 Å². The molecule has 1 N–H and O–H groups in total. The molecule has 1 aromatic carbocycles. The number of hydrogen-bond acceptors (Lipinski definition) is 1. The van der Waals surface area contributed by atoms with Crippen LogP contribution in [0.3, 0.4) is 0 Å².